The van der Waals surface area contributed by atoms with Gasteiger partial charge in [0.25, 0.3) is 0 Å². The summed E-state index contributed by atoms with van der Waals surface area (Å²) < 4.78 is 5.51. The van der Waals surface area contributed by atoms with E-state index in [1.165, 1.54) is 6.92 Å². The van der Waals surface area contributed by atoms with E-state index >= 15 is 0 Å². The normalized spacial score (nSPS) is 13.2. The predicted octanol–water partition coefficient (Wildman–Crippen LogP) is 3.14. The number of ether oxygens (including phenoxy) is 1. The summed E-state index contributed by atoms with van der Waals surface area (Å²) in [5.41, 5.74) is 2.02. The fourth-order valence-electron chi connectivity index (χ4n) is 1.59. The molecule has 0 aliphatic rings. The first-order chi connectivity index (χ1) is 7.71. The lowest BCUT2D eigenvalue weighted by atomic mass is 9.86. The van der Waals surface area contributed by atoms with Gasteiger partial charge in [-0.15, -0.1) is 0 Å². The van der Waals surface area contributed by atoms with Crippen LogP contribution in [0, 0.1) is 6.92 Å². The molecule has 0 aromatic heterocycles. The van der Waals surface area contributed by atoms with Crippen molar-refractivity contribution >= 4 is 5.97 Å². The average molecular weight is 236 g/mol. The summed E-state index contributed by atoms with van der Waals surface area (Å²) in [6, 6.07) is 5.90. The molecule has 0 saturated heterocycles. The standard InChI is InChI=1S/C14H20O3/c1-9-6-7-11(14(3,4)5)12(8-9)17-10(2)13(15)16/h6-8,10H,1-5H3,(H,15,16). The zero-order chi connectivity index (χ0) is 13.2. The quantitative estimate of drug-likeness (QED) is 0.877. The van der Waals surface area contributed by atoms with Gasteiger partial charge in [0, 0.05) is 0 Å². The van der Waals surface area contributed by atoms with Crippen molar-refractivity contribution in [2.75, 3.05) is 0 Å². The van der Waals surface area contributed by atoms with Crippen LogP contribution >= 0.6 is 0 Å². The van der Waals surface area contributed by atoms with E-state index in [4.69, 9.17) is 9.84 Å². The number of rotatable bonds is 3. The predicted molar refractivity (Wildman–Crippen MR) is 67.6 cm³/mol. The Hall–Kier alpha value is -1.51. The van der Waals surface area contributed by atoms with Crippen molar-refractivity contribution in [3.8, 4) is 5.75 Å². The smallest absolute Gasteiger partial charge is 0.344 e. The Balaban J connectivity index is 3.12. The van der Waals surface area contributed by atoms with Gasteiger partial charge in [0.1, 0.15) is 5.75 Å². The highest BCUT2D eigenvalue weighted by Gasteiger charge is 2.21. The first-order valence-corrected chi connectivity index (χ1v) is 5.72. The molecule has 3 nitrogen and oxygen atoms in total. The highest BCUT2D eigenvalue weighted by Crippen LogP contribution is 2.32. The van der Waals surface area contributed by atoms with Crippen molar-refractivity contribution in [3.63, 3.8) is 0 Å². The van der Waals surface area contributed by atoms with Crippen LogP contribution in [0.25, 0.3) is 0 Å². The van der Waals surface area contributed by atoms with Crippen LogP contribution in [0.3, 0.4) is 0 Å². The van der Waals surface area contributed by atoms with Crippen molar-refractivity contribution in [3.05, 3.63) is 29.3 Å². The summed E-state index contributed by atoms with van der Waals surface area (Å²) in [5.74, 6) is -0.293. The fourth-order valence-corrected chi connectivity index (χ4v) is 1.59. The molecule has 0 amide bonds. The number of hydrogen-bond acceptors (Lipinski definition) is 2. The molecule has 1 rings (SSSR count). The molecule has 0 aliphatic heterocycles. The Morgan fingerprint density at radius 1 is 1.35 bits per heavy atom. The maximum absolute atomic E-state index is 10.8. The van der Waals surface area contributed by atoms with Crippen molar-refractivity contribution in [1.82, 2.24) is 0 Å². The van der Waals surface area contributed by atoms with Gasteiger partial charge in [-0.2, -0.15) is 0 Å². The number of aryl methyl sites for hydroxylation is 1. The second kappa shape index (κ2) is 4.78. The van der Waals surface area contributed by atoms with Gasteiger partial charge in [0.15, 0.2) is 6.10 Å². The molecule has 0 saturated carbocycles. The van der Waals surface area contributed by atoms with Gasteiger partial charge in [-0.1, -0.05) is 32.9 Å². The molecule has 1 atom stereocenters. The van der Waals surface area contributed by atoms with Crippen LogP contribution in [0.4, 0.5) is 0 Å². The first kappa shape index (κ1) is 13.6. The molecule has 0 fully saturated rings. The van der Waals surface area contributed by atoms with Crippen LogP contribution in [0.2, 0.25) is 0 Å². The molecule has 1 aromatic carbocycles. The molecule has 0 aliphatic carbocycles. The Morgan fingerprint density at radius 2 is 1.94 bits per heavy atom. The number of carbonyl (C=O) groups is 1. The Bertz CT molecular complexity index is 416. The van der Waals surface area contributed by atoms with Gasteiger partial charge in [-0.05, 0) is 36.5 Å². The van der Waals surface area contributed by atoms with Crippen molar-refractivity contribution in [2.24, 2.45) is 0 Å². The monoisotopic (exact) mass is 236 g/mol. The molecule has 94 valence electrons. The van der Waals surface area contributed by atoms with Crippen molar-refractivity contribution in [2.45, 2.75) is 46.1 Å². The van der Waals surface area contributed by atoms with E-state index in [0.29, 0.717) is 5.75 Å². The van der Waals surface area contributed by atoms with E-state index in [-0.39, 0.29) is 5.41 Å². The summed E-state index contributed by atoms with van der Waals surface area (Å²) in [6.07, 6.45) is -0.835. The minimum Gasteiger partial charge on any atom is -0.479 e. The molecular formula is C14H20O3. The fraction of sp³-hybridized carbons (Fsp3) is 0.500. The van der Waals surface area contributed by atoms with Gasteiger partial charge >= 0.3 is 5.97 Å². The summed E-state index contributed by atoms with van der Waals surface area (Å²) in [4.78, 5) is 10.8. The second-order valence-corrected chi connectivity index (χ2v) is 5.35. The van der Waals surface area contributed by atoms with Gasteiger partial charge in [-0.3, -0.25) is 0 Å². The highest BCUT2D eigenvalue weighted by molar-refractivity contribution is 5.72. The SMILES string of the molecule is Cc1ccc(C(C)(C)C)c(OC(C)C(=O)O)c1. The molecule has 0 heterocycles. The minimum atomic E-state index is -0.952. The molecule has 17 heavy (non-hydrogen) atoms. The van der Waals surface area contributed by atoms with Crippen LogP contribution < -0.4 is 4.74 Å². The molecule has 3 heteroatoms. The van der Waals surface area contributed by atoms with Crippen LogP contribution in [0.1, 0.15) is 38.8 Å². The third-order valence-electron chi connectivity index (χ3n) is 2.60. The number of carboxylic acids is 1. The topological polar surface area (TPSA) is 46.5 Å². The molecule has 0 spiro atoms. The van der Waals surface area contributed by atoms with Gasteiger partial charge in [0.05, 0.1) is 0 Å². The largest absolute Gasteiger partial charge is 0.479 e. The van der Waals surface area contributed by atoms with E-state index in [1.54, 1.807) is 0 Å². The van der Waals surface area contributed by atoms with E-state index in [0.717, 1.165) is 11.1 Å². The number of hydrogen-bond donors (Lipinski definition) is 1. The number of benzene rings is 1. The zero-order valence-corrected chi connectivity index (χ0v) is 11.1. The minimum absolute atomic E-state index is 0.0682. The van der Waals surface area contributed by atoms with Crippen LogP contribution in [0.15, 0.2) is 18.2 Å². The molecule has 1 aromatic rings. The third kappa shape index (κ3) is 3.48. The molecule has 1 unspecified atom stereocenters. The maximum atomic E-state index is 10.8. The van der Waals surface area contributed by atoms with Gasteiger partial charge < -0.3 is 9.84 Å². The Morgan fingerprint density at radius 3 is 2.41 bits per heavy atom. The summed E-state index contributed by atoms with van der Waals surface area (Å²) >= 11 is 0. The van der Waals surface area contributed by atoms with Crippen LogP contribution in [0.5, 0.6) is 5.75 Å². The van der Waals surface area contributed by atoms with E-state index < -0.39 is 12.1 Å². The van der Waals surface area contributed by atoms with E-state index in [1.807, 2.05) is 25.1 Å². The Labute approximate surface area is 102 Å². The van der Waals surface area contributed by atoms with Crippen molar-refractivity contribution < 1.29 is 14.6 Å². The molecule has 1 N–H and O–H groups in total. The summed E-state index contributed by atoms with van der Waals surface area (Å²) in [6.45, 7) is 9.74. The molecular weight excluding hydrogens is 216 g/mol. The number of aliphatic carboxylic acids is 1. The molecule has 0 radical (unpaired) electrons. The van der Waals surface area contributed by atoms with Crippen LogP contribution in [-0.2, 0) is 10.2 Å². The average Bonchev–Trinajstić information content (AvgIpc) is 2.15. The third-order valence-corrected chi connectivity index (χ3v) is 2.60. The van der Waals surface area contributed by atoms with Gasteiger partial charge in [-0.25, -0.2) is 4.79 Å². The second-order valence-electron chi connectivity index (χ2n) is 5.35. The van der Waals surface area contributed by atoms with Gasteiger partial charge in [0.2, 0.25) is 0 Å². The first-order valence-electron chi connectivity index (χ1n) is 5.72. The molecule has 0 bridgehead atoms. The van der Waals surface area contributed by atoms with Crippen molar-refractivity contribution in [1.29, 1.82) is 0 Å². The summed E-state index contributed by atoms with van der Waals surface area (Å²) in [5, 5.41) is 8.88. The van der Waals surface area contributed by atoms with E-state index in [9.17, 15) is 4.79 Å². The zero-order valence-electron chi connectivity index (χ0n) is 11.1. The highest BCUT2D eigenvalue weighted by atomic mass is 16.5. The lowest BCUT2D eigenvalue weighted by Crippen LogP contribution is -2.25. The van der Waals surface area contributed by atoms with Crippen LogP contribution in [-0.4, -0.2) is 17.2 Å². The lowest BCUT2D eigenvalue weighted by Gasteiger charge is -2.24. The summed E-state index contributed by atoms with van der Waals surface area (Å²) in [7, 11) is 0. The van der Waals surface area contributed by atoms with E-state index in [2.05, 4.69) is 20.8 Å². The Kier molecular flexibility index (Phi) is 3.81. The maximum Gasteiger partial charge on any atom is 0.344 e. The number of carboxylic acid groups (broad SMARTS) is 1. The lowest BCUT2D eigenvalue weighted by molar-refractivity contribution is -0.144.